The zero-order valence-electron chi connectivity index (χ0n) is 12.6. The van der Waals surface area contributed by atoms with Gasteiger partial charge in [-0.05, 0) is 5.56 Å². The highest BCUT2D eigenvalue weighted by atomic mass is 32.2. The molecule has 0 radical (unpaired) electrons. The lowest BCUT2D eigenvalue weighted by molar-refractivity contribution is 0.480. The van der Waals surface area contributed by atoms with Crippen LogP contribution < -0.4 is 0 Å². The molecule has 0 unspecified atom stereocenters. The fraction of sp³-hybridized carbons (Fsp3) is 0.500. The Labute approximate surface area is 121 Å². The van der Waals surface area contributed by atoms with Crippen molar-refractivity contribution in [3.8, 4) is 0 Å². The van der Waals surface area contributed by atoms with E-state index < -0.39 is 9.84 Å². The first-order valence-corrected chi connectivity index (χ1v) is 8.27. The van der Waals surface area contributed by atoms with Crippen LogP contribution in [0.25, 0.3) is 0 Å². The molecule has 0 amide bonds. The molecule has 0 N–H and O–H groups in total. The van der Waals surface area contributed by atoms with E-state index in [2.05, 4.69) is 4.99 Å². The Kier molecular flexibility index (Phi) is 6.01. The van der Waals surface area contributed by atoms with Gasteiger partial charge in [0, 0.05) is 28.2 Å². The van der Waals surface area contributed by atoms with Crippen LogP contribution in [-0.4, -0.2) is 64.7 Å². The molecule has 1 rings (SSSR count). The van der Waals surface area contributed by atoms with Gasteiger partial charge in [0.15, 0.2) is 15.8 Å². The monoisotopic (exact) mass is 297 g/mol. The summed E-state index contributed by atoms with van der Waals surface area (Å²) in [6, 6.07) is 9.22. The normalized spacial score (nSPS) is 11.0. The lowest BCUT2D eigenvalue weighted by Gasteiger charge is -2.22. The Bertz CT molecular complexity index is 527. The van der Waals surface area contributed by atoms with Gasteiger partial charge in [-0.2, -0.15) is 0 Å². The Morgan fingerprint density at radius 3 is 2.10 bits per heavy atom. The Morgan fingerprint density at radius 2 is 1.60 bits per heavy atom. The van der Waals surface area contributed by atoms with E-state index in [9.17, 15) is 8.42 Å². The van der Waals surface area contributed by atoms with E-state index in [1.807, 2.05) is 68.3 Å². The molecule has 0 aliphatic carbocycles. The van der Waals surface area contributed by atoms with Crippen molar-refractivity contribution < 1.29 is 8.42 Å². The van der Waals surface area contributed by atoms with Crippen molar-refractivity contribution in [1.29, 1.82) is 0 Å². The maximum absolute atomic E-state index is 12.0. The van der Waals surface area contributed by atoms with Gasteiger partial charge in [0.25, 0.3) is 0 Å². The Hall–Kier alpha value is -1.56. The molecule has 0 aromatic heterocycles. The molecule has 0 spiro atoms. The molecule has 112 valence electrons. The predicted molar refractivity (Wildman–Crippen MR) is 83.6 cm³/mol. The van der Waals surface area contributed by atoms with Gasteiger partial charge >= 0.3 is 0 Å². The van der Waals surface area contributed by atoms with E-state index in [-0.39, 0.29) is 18.1 Å². The summed E-state index contributed by atoms with van der Waals surface area (Å²) < 4.78 is 24.0. The van der Waals surface area contributed by atoms with Gasteiger partial charge < -0.3 is 9.80 Å². The smallest absolute Gasteiger partial charge is 0.195 e. The van der Waals surface area contributed by atoms with Crippen molar-refractivity contribution in [3.63, 3.8) is 0 Å². The number of sulfone groups is 1. The van der Waals surface area contributed by atoms with E-state index in [1.54, 1.807) is 0 Å². The third-order valence-corrected chi connectivity index (χ3v) is 4.26. The fourth-order valence-electron chi connectivity index (χ4n) is 1.87. The zero-order chi connectivity index (χ0) is 15.2. The van der Waals surface area contributed by atoms with E-state index in [0.717, 1.165) is 11.5 Å². The molecular formula is C14H23N3O2S. The molecular weight excluding hydrogens is 274 g/mol. The highest BCUT2D eigenvalue weighted by Crippen LogP contribution is 2.06. The highest BCUT2D eigenvalue weighted by Gasteiger charge is 2.12. The van der Waals surface area contributed by atoms with Gasteiger partial charge in [-0.15, -0.1) is 0 Å². The molecule has 0 bridgehead atoms. The van der Waals surface area contributed by atoms with Crippen LogP contribution >= 0.6 is 0 Å². The second kappa shape index (κ2) is 7.28. The lowest BCUT2D eigenvalue weighted by Crippen LogP contribution is -2.35. The van der Waals surface area contributed by atoms with Crippen molar-refractivity contribution in [2.75, 3.05) is 40.5 Å². The molecule has 0 heterocycles. The van der Waals surface area contributed by atoms with E-state index in [4.69, 9.17) is 0 Å². The number of hydrogen-bond donors (Lipinski definition) is 0. The molecule has 5 nitrogen and oxygen atoms in total. The molecule has 0 saturated heterocycles. The molecule has 1 aromatic carbocycles. The zero-order valence-corrected chi connectivity index (χ0v) is 13.4. The van der Waals surface area contributed by atoms with E-state index >= 15 is 0 Å². The second-order valence-electron chi connectivity index (χ2n) is 5.05. The van der Waals surface area contributed by atoms with Gasteiger partial charge in [-0.1, -0.05) is 30.3 Å². The molecule has 0 aliphatic rings. The second-order valence-corrected chi connectivity index (χ2v) is 7.23. The van der Waals surface area contributed by atoms with Gasteiger partial charge in [0.2, 0.25) is 0 Å². The first-order chi connectivity index (χ1) is 9.32. The Balaban J connectivity index is 2.62. The van der Waals surface area contributed by atoms with Crippen LogP contribution in [0.1, 0.15) is 5.56 Å². The lowest BCUT2D eigenvalue weighted by atomic mass is 10.2. The summed E-state index contributed by atoms with van der Waals surface area (Å²) in [4.78, 5) is 8.07. The molecule has 0 saturated carbocycles. The summed E-state index contributed by atoms with van der Waals surface area (Å²) in [5.74, 6) is 0.898. The molecule has 20 heavy (non-hydrogen) atoms. The number of aliphatic imine (C=N–C) groups is 1. The molecule has 0 atom stereocenters. The van der Waals surface area contributed by atoms with Gasteiger partial charge in [0.05, 0.1) is 18.1 Å². The summed E-state index contributed by atoms with van der Waals surface area (Å²) in [5.41, 5.74) is 0.817. The van der Waals surface area contributed by atoms with Crippen molar-refractivity contribution in [1.82, 2.24) is 9.80 Å². The first-order valence-electron chi connectivity index (χ1n) is 6.45. The van der Waals surface area contributed by atoms with Gasteiger partial charge in [-0.3, -0.25) is 4.99 Å². The number of benzene rings is 1. The number of nitrogens with zero attached hydrogens (tertiary/aromatic N) is 3. The van der Waals surface area contributed by atoms with Crippen LogP contribution in [0.5, 0.6) is 0 Å². The maximum Gasteiger partial charge on any atom is 0.195 e. The van der Waals surface area contributed by atoms with E-state index in [0.29, 0.717) is 0 Å². The third-order valence-electron chi connectivity index (χ3n) is 2.68. The van der Waals surface area contributed by atoms with Crippen molar-refractivity contribution >= 4 is 15.8 Å². The van der Waals surface area contributed by atoms with Crippen LogP contribution in [0.15, 0.2) is 35.3 Å². The summed E-state index contributed by atoms with van der Waals surface area (Å²) in [6.45, 7) is 0.279. The van der Waals surface area contributed by atoms with Crippen LogP contribution in [-0.2, 0) is 15.6 Å². The topological polar surface area (TPSA) is 53.0 Å². The minimum atomic E-state index is -3.13. The standard InChI is InChI=1S/C14H23N3O2S/c1-16(2)14(17(3)4)15-10-11-20(18,19)12-13-8-6-5-7-9-13/h5-9H,10-12H2,1-4H3. The summed E-state index contributed by atoms with van der Waals surface area (Å²) in [7, 11) is 4.42. The first kappa shape index (κ1) is 16.5. The fourth-order valence-corrected chi connectivity index (χ4v) is 3.08. The van der Waals surface area contributed by atoms with Crippen molar-refractivity contribution in [2.24, 2.45) is 4.99 Å². The summed E-state index contributed by atoms with van der Waals surface area (Å²) >= 11 is 0. The highest BCUT2D eigenvalue weighted by molar-refractivity contribution is 7.90. The van der Waals surface area contributed by atoms with Crippen LogP contribution in [0.3, 0.4) is 0 Å². The van der Waals surface area contributed by atoms with Crippen molar-refractivity contribution in [2.45, 2.75) is 5.75 Å². The molecule has 0 aliphatic heterocycles. The summed E-state index contributed by atoms with van der Waals surface area (Å²) in [5, 5.41) is 0. The largest absolute Gasteiger partial charge is 0.349 e. The minimum Gasteiger partial charge on any atom is -0.349 e. The Morgan fingerprint density at radius 1 is 1.05 bits per heavy atom. The maximum atomic E-state index is 12.0. The summed E-state index contributed by atoms with van der Waals surface area (Å²) in [6.07, 6.45) is 0. The van der Waals surface area contributed by atoms with Gasteiger partial charge in [0.1, 0.15) is 0 Å². The van der Waals surface area contributed by atoms with Crippen LogP contribution in [0, 0.1) is 0 Å². The van der Waals surface area contributed by atoms with Crippen molar-refractivity contribution in [3.05, 3.63) is 35.9 Å². The average molecular weight is 297 g/mol. The third kappa shape index (κ3) is 5.61. The molecule has 1 aromatic rings. The van der Waals surface area contributed by atoms with Gasteiger partial charge in [-0.25, -0.2) is 8.42 Å². The predicted octanol–water partition coefficient (Wildman–Crippen LogP) is 1.08. The quantitative estimate of drug-likeness (QED) is 0.603. The van der Waals surface area contributed by atoms with E-state index in [1.165, 1.54) is 0 Å². The number of hydrogen-bond acceptors (Lipinski definition) is 3. The molecule has 6 heteroatoms. The number of rotatable bonds is 5. The number of guanidine groups is 1. The SMILES string of the molecule is CN(C)C(=NCCS(=O)(=O)Cc1ccccc1)N(C)C. The minimum absolute atomic E-state index is 0.0626. The van der Waals surface area contributed by atoms with Crippen LogP contribution in [0.4, 0.5) is 0 Å². The van der Waals surface area contributed by atoms with Crippen LogP contribution in [0.2, 0.25) is 0 Å². The molecule has 0 fully saturated rings. The average Bonchev–Trinajstić information content (AvgIpc) is 2.34.